The molecule has 0 saturated heterocycles. The fourth-order valence-electron chi connectivity index (χ4n) is 2.28. The van der Waals surface area contributed by atoms with Gasteiger partial charge in [0.15, 0.2) is 0 Å². The second-order valence-electron chi connectivity index (χ2n) is 5.02. The van der Waals surface area contributed by atoms with Gasteiger partial charge in [0, 0.05) is 5.56 Å². The number of halogens is 1. The molecule has 0 aliphatic heterocycles. The summed E-state index contributed by atoms with van der Waals surface area (Å²) in [4.78, 5) is 23.4. The van der Waals surface area contributed by atoms with Gasteiger partial charge in [-0.2, -0.15) is 0 Å². The van der Waals surface area contributed by atoms with Crippen LogP contribution in [0.1, 0.15) is 20.7 Å². The number of hydrogen-bond donors (Lipinski definition) is 2. The van der Waals surface area contributed by atoms with Crippen LogP contribution >= 0.6 is 11.6 Å². The van der Waals surface area contributed by atoms with Gasteiger partial charge in [0.05, 0.1) is 16.3 Å². The second-order valence-corrected chi connectivity index (χ2v) is 5.42. The summed E-state index contributed by atoms with van der Waals surface area (Å²) in [7, 11) is 0. The molecule has 114 valence electrons. The number of fused-ring (bicyclic) bond motifs is 1. The van der Waals surface area contributed by atoms with E-state index in [1.54, 1.807) is 12.1 Å². The molecule has 0 saturated carbocycles. The van der Waals surface area contributed by atoms with E-state index in [-0.39, 0.29) is 22.2 Å². The lowest BCUT2D eigenvalue weighted by molar-refractivity contribution is 0.0696. The summed E-state index contributed by atoms with van der Waals surface area (Å²) >= 11 is 6.02. The van der Waals surface area contributed by atoms with Gasteiger partial charge in [-0.25, -0.2) is 4.79 Å². The van der Waals surface area contributed by atoms with E-state index >= 15 is 0 Å². The maximum atomic E-state index is 12.4. The number of amides is 1. The average Bonchev–Trinajstić information content (AvgIpc) is 2.56. The molecule has 0 bridgehead atoms. The van der Waals surface area contributed by atoms with Crippen molar-refractivity contribution in [3.8, 4) is 0 Å². The Morgan fingerprint density at radius 2 is 1.57 bits per heavy atom. The van der Waals surface area contributed by atoms with Gasteiger partial charge < -0.3 is 10.4 Å². The number of rotatable bonds is 3. The molecule has 0 radical (unpaired) electrons. The van der Waals surface area contributed by atoms with Crippen molar-refractivity contribution in [3.63, 3.8) is 0 Å². The van der Waals surface area contributed by atoms with E-state index in [2.05, 4.69) is 5.32 Å². The average molecular weight is 326 g/mol. The minimum absolute atomic E-state index is 0.0585. The molecule has 3 aromatic carbocycles. The highest BCUT2D eigenvalue weighted by Crippen LogP contribution is 2.24. The molecule has 0 heterocycles. The van der Waals surface area contributed by atoms with Crippen molar-refractivity contribution in [3.05, 3.63) is 76.8 Å². The fourth-order valence-corrected chi connectivity index (χ4v) is 2.44. The Kier molecular flexibility index (Phi) is 4.00. The molecular formula is C18H12ClNO3. The van der Waals surface area contributed by atoms with Gasteiger partial charge in [-0.15, -0.1) is 0 Å². The molecule has 2 N–H and O–H groups in total. The molecule has 4 nitrogen and oxygen atoms in total. The summed E-state index contributed by atoms with van der Waals surface area (Å²) in [5.41, 5.74) is 0.799. The molecule has 0 unspecified atom stereocenters. The maximum absolute atomic E-state index is 12.4. The lowest BCUT2D eigenvalue weighted by atomic mass is 10.1. The Morgan fingerprint density at radius 1 is 0.870 bits per heavy atom. The van der Waals surface area contributed by atoms with E-state index in [1.165, 1.54) is 18.2 Å². The van der Waals surface area contributed by atoms with E-state index in [4.69, 9.17) is 16.7 Å². The summed E-state index contributed by atoms with van der Waals surface area (Å²) in [6.07, 6.45) is 0. The monoisotopic (exact) mass is 325 g/mol. The number of anilines is 1. The van der Waals surface area contributed by atoms with Gasteiger partial charge in [0.2, 0.25) is 0 Å². The SMILES string of the molecule is O=C(O)c1ccc(Cl)c(NC(=O)c2ccc3ccccc3c2)c1. The molecule has 0 spiro atoms. The Bertz CT molecular complexity index is 921. The topological polar surface area (TPSA) is 66.4 Å². The zero-order chi connectivity index (χ0) is 16.4. The van der Waals surface area contributed by atoms with Crippen LogP contribution < -0.4 is 5.32 Å². The Morgan fingerprint density at radius 3 is 2.30 bits per heavy atom. The van der Waals surface area contributed by atoms with Crippen LogP contribution in [0, 0.1) is 0 Å². The first kappa shape index (κ1) is 15.1. The van der Waals surface area contributed by atoms with Crippen LogP contribution in [0.25, 0.3) is 10.8 Å². The largest absolute Gasteiger partial charge is 0.478 e. The van der Waals surface area contributed by atoms with E-state index in [0.717, 1.165) is 10.8 Å². The Hall–Kier alpha value is -2.85. The Labute approximate surface area is 137 Å². The molecule has 3 aromatic rings. The number of hydrogen-bond acceptors (Lipinski definition) is 2. The van der Waals surface area contributed by atoms with E-state index < -0.39 is 5.97 Å². The fraction of sp³-hybridized carbons (Fsp3) is 0. The number of nitrogens with one attached hydrogen (secondary N) is 1. The van der Waals surface area contributed by atoms with Crippen LogP contribution in [0.15, 0.2) is 60.7 Å². The van der Waals surface area contributed by atoms with Crippen LogP contribution in [0.4, 0.5) is 5.69 Å². The number of benzene rings is 3. The van der Waals surface area contributed by atoms with Gasteiger partial charge in [-0.05, 0) is 41.1 Å². The standard InChI is InChI=1S/C18H12ClNO3/c19-15-8-7-14(18(22)23)10-16(15)20-17(21)13-6-5-11-3-1-2-4-12(11)9-13/h1-10H,(H,20,21)(H,22,23). The van der Waals surface area contributed by atoms with E-state index in [1.807, 2.05) is 30.3 Å². The molecule has 0 aliphatic carbocycles. The zero-order valence-corrected chi connectivity index (χ0v) is 12.7. The quantitative estimate of drug-likeness (QED) is 0.748. The Balaban J connectivity index is 1.91. The number of carbonyl (C=O) groups excluding carboxylic acids is 1. The van der Waals surface area contributed by atoms with Crippen molar-refractivity contribution in [1.29, 1.82) is 0 Å². The van der Waals surface area contributed by atoms with Gasteiger partial charge in [-0.1, -0.05) is 41.9 Å². The predicted molar refractivity (Wildman–Crippen MR) is 90.3 cm³/mol. The molecule has 23 heavy (non-hydrogen) atoms. The molecule has 5 heteroatoms. The summed E-state index contributed by atoms with van der Waals surface area (Å²) in [5.74, 6) is -1.43. The van der Waals surface area contributed by atoms with Crippen molar-refractivity contribution < 1.29 is 14.7 Å². The van der Waals surface area contributed by atoms with E-state index in [0.29, 0.717) is 5.56 Å². The number of carboxylic acids is 1. The second kappa shape index (κ2) is 6.10. The highest BCUT2D eigenvalue weighted by molar-refractivity contribution is 6.34. The van der Waals surface area contributed by atoms with Crippen LogP contribution in [0.2, 0.25) is 5.02 Å². The predicted octanol–water partition coefficient (Wildman–Crippen LogP) is 4.44. The zero-order valence-electron chi connectivity index (χ0n) is 11.9. The highest BCUT2D eigenvalue weighted by Gasteiger charge is 2.12. The summed E-state index contributed by atoms with van der Waals surface area (Å²) in [6, 6.07) is 17.2. The van der Waals surface area contributed by atoms with Crippen LogP contribution in [0.3, 0.4) is 0 Å². The first-order chi connectivity index (χ1) is 11.0. The van der Waals surface area contributed by atoms with Crippen LogP contribution in [0.5, 0.6) is 0 Å². The molecule has 0 atom stereocenters. The summed E-state index contributed by atoms with van der Waals surface area (Å²) < 4.78 is 0. The molecule has 0 aromatic heterocycles. The third-order valence-electron chi connectivity index (χ3n) is 3.47. The molecule has 3 rings (SSSR count). The minimum atomic E-state index is -1.08. The number of aromatic carboxylic acids is 1. The number of carbonyl (C=O) groups is 2. The van der Waals surface area contributed by atoms with Gasteiger partial charge in [0.1, 0.15) is 0 Å². The minimum Gasteiger partial charge on any atom is -0.478 e. The van der Waals surface area contributed by atoms with Gasteiger partial charge in [-0.3, -0.25) is 4.79 Å². The van der Waals surface area contributed by atoms with Crippen molar-refractivity contribution in [2.75, 3.05) is 5.32 Å². The highest BCUT2D eigenvalue weighted by atomic mass is 35.5. The maximum Gasteiger partial charge on any atom is 0.335 e. The molecule has 1 amide bonds. The van der Waals surface area contributed by atoms with Crippen molar-refractivity contribution in [2.45, 2.75) is 0 Å². The summed E-state index contributed by atoms with van der Waals surface area (Å²) in [5, 5.41) is 13.9. The smallest absolute Gasteiger partial charge is 0.335 e. The van der Waals surface area contributed by atoms with E-state index in [9.17, 15) is 9.59 Å². The van der Waals surface area contributed by atoms with Crippen LogP contribution in [-0.2, 0) is 0 Å². The molecule has 0 aliphatic rings. The summed E-state index contributed by atoms with van der Waals surface area (Å²) in [6.45, 7) is 0. The van der Waals surface area contributed by atoms with Crippen molar-refractivity contribution in [2.24, 2.45) is 0 Å². The van der Waals surface area contributed by atoms with Crippen molar-refractivity contribution in [1.82, 2.24) is 0 Å². The third-order valence-corrected chi connectivity index (χ3v) is 3.80. The molecular weight excluding hydrogens is 314 g/mol. The first-order valence-corrected chi connectivity index (χ1v) is 7.25. The van der Waals surface area contributed by atoms with Crippen LogP contribution in [-0.4, -0.2) is 17.0 Å². The van der Waals surface area contributed by atoms with Crippen molar-refractivity contribution >= 4 is 39.9 Å². The van der Waals surface area contributed by atoms with Gasteiger partial charge >= 0.3 is 5.97 Å². The third kappa shape index (κ3) is 3.17. The van der Waals surface area contributed by atoms with Gasteiger partial charge in [0.25, 0.3) is 5.91 Å². The normalized spacial score (nSPS) is 10.5. The first-order valence-electron chi connectivity index (χ1n) is 6.87. The molecule has 0 fully saturated rings. The lowest BCUT2D eigenvalue weighted by Gasteiger charge is -2.09. The lowest BCUT2D eigenvalue weighted by Crippen LogP contribution is -2.12. The number of carboxylic acid groups (broad SMARTS) is 1.